The van der Waals surface area contributed by atoms with E-state index in [0.29, 0.717) is 5.56 Å². The zero-order valence-electron chi connectivity index (χ0n) is 9.08. The Morgan fingerprint density at radius 1 is 1.65 bits per heavy atom. The first-order valence-corrected chi connectivity index (χ1v) is 5.08. The predicted molar refractivity (Wildman–Crippen MR) is 56.2 cm³/mol. The van der Waals surface area contributed by atoms with E-state index >= 15 is 0 Å². The molecule has 1 aromatic heterocycles. The number of nitrogens with zero attached hydrogens (tertiary/aromatic N) is 2. The lowest BCUT2D eigenvalue weighted by Crippen LogP contribution is -2.33. The van der Waals surface area contributed by atoms with E-state index in [1.54, 1.807) is 13.0 Å². The highest BCUT2D eigenvalue weighted by atomic mass is 16.5. The molecular formula is C10H11N3O4. The number of aromatic amines is 1. The summed E-state index contributed by atoms with van der Waals surface area (Å²) in [5.41, 5.74) is -0.707. The Labute approximate surface area is 95.9 Å². The maximum atomic E-state index is 11.5. The lowest BCUT2D eigenvalue weighted by molar-refractivity contribution is 0.00855. The van der Waals surface area contributed by atoms with Gasteiger partial charge in [0.2, 0.25) is 0 Å². The molecule has 1 saturated heterocycles. The van der Waals surface area contributed by atoms with Crippen molar-refractivity contribution in [2.24, 2.45) is 0 Å². The van der Waals surface area contributed by atoms with Crippen LogP contribution in [0.25, 0.3) is 0 Å². The maximum absolute atomic E-state index is 11.5. The van der Waals surface area contributed by atoms with Gasteiger partial charge in [-0.25, -0.2) is 4.79 Å². The molecular weight excluding hydrogens is 226 g/mol. The van der Waals surface area contributed by atoms with Crippen LogP contribution in [0.3, 0.4) is 0 Å². The molecule has 0 amide bonds. The zero-order chi connectivity index (χ0) is 12.6. The van der Waals surface area contributed by atoms with Gasteiger partial charge in [0.25, 0.3) is 5.56 Å². The predicted octanol–water partition coefficient (Wildman–Crippen LogP) is -0.983. The van der Waals surface area contributed by atoms with E-state index in [2.05, 4.69) is 4.98 Å². The summed E-state index contributed by atoms with van der Waals surface area (Å²) >= 11 is 0. The van der Waals surface area contributed by atoms with Crippen LogP contribution < -0.4 is 11.2 Å². The summed E-state index contributed by atoms with van der Waals surface area (Å²) in [5, 5.41) is 18.2. The topological polar surface area (TPSA) is 108 Å². The van der Waals surface area contributed by atoms with Gasteiger partial charge in [0.1, 0.15) is 6.23 Å². The summed E-state index contributed by atoms with van der Waals surface area (Å²) in [6.45, 7) is 1.56. The van der Waals surface area contributed by atoms with E-state index in [1.807, 2.05) is 0 Å². The minimum atomic E-state index is -0.945. The fourth-order valence-corrected chi connectivity index (χ4v) is 1.74. The Morgan fingerprint density at radius 3 is 2.94 bits per heavy atom. The molecule has 7 nitrogen and oxygen atoms in total. The molecule has 17 heavy (non-hydrogen) atoms. The van der Waals surface area contributed by atoms with Crippen LogP contribution >= 0.6 is 0 Å². The minimum Gasteiger partial charge on any atom is -0.389 e. The molecule has 3 atom stereocenters. The van der Waals surface area contributed by atoms with E-state index in [0.717, 1.165) is 0 Å². The largest absolute Gasteiger partial charge is 0.389 e. The number of hydrogen-bond acceptors (Lipinski definition) is 5. The molecule has 0 radical (unpaired) electrons. The van der Waals surface area contributed by atoms with Crippen LogP contribution in [0.5, 0.6) is 0 Å². The van der Waals surface area contributed by atoms with Crippen molar-refractivity contribution in [3.63, 3.8) is 0 Å². The molecule has 0 spiro atoms. The molecule has 0 bridgehead atoms. The number of nitrogens with one attached hydrogen (secondary N) is 1. The van der Waals surface area contributed by atoms with Gasteiger partial charge in [0, 0.05) is 18.2 Å². The van der Waals surface area contributed by atoms with Crippen LogP contribution in [-0.2, 0) is 4.74 Å². The first-order chi connectivity index (χ1) is 8.02. The summed E-state index contributed by atoms with van der Waals surface area (Å²) in [7, 11) is 0. The van der Waals surface area contributed by atoms with E-state index < -0.39 is 29.7 Å². The summed E-state index contributed by atoms with van der Waals surface area (Å²) in [5.74, 6) is 0. The Balaban J connectivity index is 2.38. The third kappa shape index (κ3) is 2.00. The van der Waals surface area contributed by atoms with Gasteiger partial charge in [-0.2, -0.15) is 5.26 Å². The van der Waals surface area contributed by atoms with Crippen LogP contribution in [0, 0.1) is 18.3 Å². The molecule has 2 N–H and O–H groups in total. The fraction of sp³-hybridized carbons (Fsp3) is 0.500. The fourth-order valence-electron chi connectivity index (χ4n) is 1.74. The first-order valence-electron chi connectivity index (χ1n) is 5.08. The van der Waals surface area contributed by atoms with Crippen LogP contribution in [0.2, 0.25) is 0 Å². The van der Waals surface area contributed by atoms with Crippen LogP contribution in [-0.4, -0.2) is 26.9 Å². The molecule has 2 rings (SSSR count). The average molecular weight is 237 g/mol. The van der Waals surface area contributed by atoms with Gasteiger partial charge in [-0.05, 0) is 6.92 Å². The number of hydrogen-bond donors (Lipinski definition) is 2. The number of nitriles is 1. The number of rotatable bonds is 1. The van der Waals surface area contributed by atoms with Gasteiger partial charge in [-0.1, -0.05) is 0 Å². The van der Waals surface area contributed by atoms with Crippen molar-refractivity contribution >= 4 is 0 Å². The molecule has 1 aliphatic rings. The van der Waals surface area contributed by atoms with E-state index in [4.69, 9.17) is 10.00 Å². The molecule has 1 fully saturated rings. The lowest BCUT2D eigenvalue weighted by atomic mass is 10.2. The molecule has 2 heterocycles. The smallest absolute Gasteiger partial charge is 0.330 e. The molecule has 0 aromatic carbocycles. The summed E-state index contributed by atoms with van der Waals surface area (Å²) in [4.78, 5) is 24.9. The second-order valence-electron chi connectivity index (χ2n) is 3.92. The van der Waals surface area contributed by atoms with Crippen molar-refractivity contribution in [3.05, 3.63) is 32.6 Å². The normalized spacial score (nSPS) is 27.9. The number of ether oxygens (including phenoxy) is 1. The second kappa shape index (κ2) is 4.16. The Hall–Kier alpha value is -1.91. The number of aliphatic hydroxyl groups is 1. The maximum Gasteiger partial charge on any atom is 0.330 e. The van der Waals surface area contributed by atoms with Gasteiger partial charge in [-0.15, -0.1) is 0 Å². The number of aromatic nitrogens is 2. The van der Waals surface area contributed by atoms with Gasteiger partial charge >= 0.3 is 5.69 Å². The molecule has 1 aliphatic heterocycles. The number of H-pyrrole nitrogens is 1. The van der Waals surface area contributed by atoms with Gasteiger partial charge < -0.3 is 9.84 Å². The zero-order valence-corrected chi connectivity index (χ0v) is 9.08. The minimum absolute atomic E-state index is 0.142. The standard InChI is InChI=1S/C10H11N3O4/c1-5-4-13(10(16)12-9(5)15)8-2-6(14)7(3-11)17-8/h4,6-8,14H,2H2,1H3,(H,12,15,16)/t6-,7+,8+/m0/s1. The highest BCUT2D eigenvalue weighted by Crippen LogP contribution is 2.26. The SMILES string of the molecule is Cc1cn([C@H]2C[C@H](O)[C@@H](C#N)O2)c(=O)[nH]c1=O. The van der Waals surface area contributed by atoms with Crippen molar-refractivity contribution in [2.45, 2.75) is 31.8 Å². The van der Waals surface area contributed by atoms with Crippen molar-refractivity contribution in [1.82, 2.24) is 9.55 Å². The Kier molecular flexibility index (Phi) is 2.83. The lowest BCUT2D eigenvalue weighted by Gasteiger charge is -2.12. The number of aliphatic hydroxyl groups excluding tert-OH is 1. The monoisotopic (exact) mass is 237 g/mol. The summed E-state index contributed by atoms with van der Waals surface area (Å²) < 4.78 is 6.39. The second-order valence-corrected chi connectivity index (χ2v) is 3.92. The molecule has 1 aromatic rings. The van der Waals surface area contributed by atoms with Gasteiger partial charge in [0.05, 0.1) is 12.2 Å². The quantitative estimate of drug-likeness (QED) is 0.652. The molecule has 0 aliphatic carbocycles. The van der Waals surface area contributed by atoms with Crippen LogP contribution in [0.1, 0.15) is 18.2 Å². The van der Waals surface area contributed by atoms with Crippen LogP contribution in [0.15, 0.2) is 15.8 Å². The highest BCUT2D eigenvalue weighted by Gasteiger charge is 2.35. The Morgan fingerprint density at radius 2 is 2.35 bits per heavy atom. The molecule has 7 heteroatoms. The van der Waals surface area contributed by atoms with Crippen molar-refractivity contribution in [1.29, 1.82) is 5.26 Å². The Bertz CT molecular complexity index is 582. The van der Waals surface area contributed by atoms with E-state index in [1.165, 1.54) is 10.8 Å². The first kappa shape index (κ1) is 11.6. The van der Waals surface area contributed by atoms with Crippen LogP contribution in [0.4, 0.5) is 0 Å². The third-order valence-electron chi connectivity index (χ3n) is 2.68. The van der Waals surface area contributed by atoms with Gasteiger partial charge in [-0.3, -0.25) is 14.3 Å². The molecule has 0 unspecified atom stereocenters. The van der Waals surface area contributed by atoms with Crippen molar-refractivity contribution in [3.8, 4) is 6.07 Å². The number of aryl methyl sites for hydroxylation is 1. The molecule has 90 valence electrons. The van der Waals surface area contributed by atoms with Crippen molar-refractivity contribution < 1.29 is 9.84 Å². The van der Waals surface area contributed by atoms with E-state index in [-0.39, 0.29) is 6.42 Å². The highest BCUT2D eigenvalue weighted by molar-refractivity contribution is 5.03. The third-order valence-corrected chi connectivity index (χ3v) is 2.68. The average Bonchev–Trinajstić information content (AvgIpc) is 2.65. The molecule has 0 saturated carbocycles. The summed E-state index contributed by atoms with van der Waals surface area (Å²) in [6, 6.07) is 1.80. The van der Waals surface area contributed by atoms with Crippen molar-refractivity contribution in [2.75, 3.05) is 0 Å². The summed E-state index contributed by atoms with van der Waals surface area (Å²) in [6.07, 6.45) is -1.09. The van der Waals surface area contributed by atoms with E-state index in [9.17, 15) is 14.7 Å². The van der Waals surface area contributed by atoms with Gasteiger partial charge in [0.15, 0.2) is 6.10 Å².